The van der Waals surface area contributed by atoms with Crippen LogP contribution in [0.4, 0.5) is 0 Å². The highest BCUT2D eigenvalue weighted by Gasteiger charge is 2.16. The maximum Gasteiger partial charge on any atom is 0.0588 e. The second-order valence-electron chi connectivity index (χ2n) is 4.22. The smallest absolute Gasteiger partial charge is 0.0588 e. The van der Waals surface area contributed by atoms with E-state index < -0.39 is 0 Å². The van der Waals surface area contributed by atoms with Gasteiger partial charge in [0.1, 0.15) is 0 Å². The fourth-order valence-corrected chi connectivity index (χ4v) is 2.45. The first-order valence-electron chi connectivity index (χ1n) is 5.90. The number of allylic oxidation sites excluding steroid dienone is 4. The Morgan fingerprint density at radius 2 is 1.94 bits per heavy atom. The number of alkyl halides is 1. The molecular formula is C15H17Cl. The van der Waals surface area contributed by atoms with Crippen LogP contribution in [0.25, 0.3) is 5.57 Å². The molecule has 0 aliphatic heterocycles. The van der Waals surface area contributed by atoms with Crippen LogP contribution in [0.5, 0.6) is 0 Å². The molecule has 16 heavy (non-hydrogen) atoms. The van der Waals surface area contributed by atoms with Gasteiger partial charge in [-0.25, -0.2) is 0 Å². The maximum absolute atomic E-state index is 6.40. The molecule has 0 saturated carbocycles. The topological polar surface area (TPSA) is 0 Å². The third kappa shape index (κ3) is 2.56. The molecule has 0 amide bonds. The van der Waals surface area contributed by atoms with Crippen LogP contribution in [0.15, 0.2) is 48.1 Å². The summed E-state index contributed by atoms with van der Waals surface area (Å²) >= 11 is 6.40. The Morgan fingerprint density at radius 1 is 1.19 bits per heavy atom. The van der Waals surface area contributed by atoms with Gasteiger partial charge < -0.3 is 0 Å². The molecule has 0 bridgehead atoms. The van der Waals surface area contributed by atoms with E-state index in [2.05, 4.69) is 43.3 Å². The second-order valence-corrected chi connectivity index (χ2v) is 4.75. The number of halogens is 1. The van der Waals surface area contributed by atoms with Gasteiger partial charge in [0.05, 0.1) is 5.38 Å². The van der Waals surface area contributed by atoms with Crippen LogP contribution >= 0.6 is 11.6 Å². The molecular weight excluding hydrogens is 216 g/mol. The Hall–Kier alpha value is -1.01. The van der Waals surface area contributed by atoms with Crippen molar-refractivity contribution in [2.75, 3.05) is 0 Å². The van der Waals surface area contributed by atoms with Crippen molar-refractivity contribution in [3.8, 4) is 0 Å². The SMILES string of the molecule is CCCC1=CC=C(c2ccccc2)CC1Cl. The summed E-state index contributed by atoms with van der Waals surface area (Å²) in [6, 6.07) is 10.5. The van der Waals surface area contributed by atoms with Crippen LogP contribution in [0, 0.1) is 0 Å². The summed E-state index contributed by atoms with van der Waals surface area (Å²) in [6.45, 7) is 2.20. The van der Waals surface area contributed by atoms with Crippen LogP contribution in [-0.2, 0) is 0 Å². The Labute approximate surface area is 103 Å². The summed E-state index contributed by atoms with van der Waals surface area (Å²) < 4.78 is 0. The highest BCUT2D eigenvalue weighted by Crippen LogP contribution is 2.31. The number of benzene rings is 1. The van der Waals surface area contributed by atoms with E-state index in [0.717, 1.165) is 12.8 Å². The van der Waals surface area contributed by atoms with Crippen molar-refractivity contribution >= 4 is 17.2 Å². The standard InChI is InChI=1S/C15H17Cl/c1-2-6-13-9-10-14(11-15(13)16)12-7-4-3-5-8-12/h3-5,7-10,15H,2,6,11H2,1H3. The van der Waals surface area contributed by atoms with E-state index in [1.807, 2.05) is 6.07 Å². The molecule has 0 fully saturated rings. The lowest BCUT2D eigenvalue weighted by Gasteiger charge is -2.20. The van der Waals surface area contributed by atoms with E-state index in [1.54, 1.807) is 0 Å². The van der Waals surface area contributed by atoms with Crippen LogP contribution in [0.2, 0.25) is 0 Å². The second kappa shape index (κ2) is 5.36. The van der Waals surface area contributed by atoms with E-state index in [1.165, 1.54) is 23.1 Å². The minimum atomic E-state index is 0.181. The van der Waals surface area contributed by atoms with Crippen molar-refractivity contribution in [1.29, 1.82) is 0 Å². The van der Waals surface area contributed by atoms with Gasteiger partial charge in [0.2, 0.25) is 0 Å². The van der Waals surface area contributed by atoms with Gasteiger partial charge in [-0.05, 0) is 24.0 Å². The van der Waals surface area contributed by atoms with Crippen molar-refractivity contribution < 1.29 is 0 Å². The molecule has 0 saturated heterocycles. The minimum absolute atomic E-state index is 0.181. The third-order valence-corrected chi connectivity index (χ3v) is 3.42. The zero-order chi connectivity index (χ0) is 11.4. The minimum Gasteiger partial charge on any atom is -0.118 e. The lowest BCUT2D eigenvalue weighted by atomic mass is 9.91. The summed E-state index contributed by atoms with van der Waals surface area (Å²) in [5.74, 6) is 0. The van der Waals surface area contributed by atoms with Gasteiger partial charge in [0, 0.05) is 0 Å². The molecule has 0 heterocycles. The van der Waals surface area contributed by atoms with E-state index in [-0.39, 0.29) is 5.38 Å². The third-order valence-electron chi connectivity index (χ3n) is 2.98. The quantitative estimate of drug-likeness (QED) is 0.657. The van der Waals surface area contributed by atoms with Gasteiger partial charge in [-0.3, -0.25) is 0 Å². The molecule has 0 nitrogen and oxygen atoms in total. The average Bonchev–Trinajstić information content (AvgIpc) is 2.33. The number of rotatable bonds is 3. The number of hydrogen-bond donors (Lipinski definition) is 0. The molecule has 0 N–H and O–H groups in total. The van der Waals surface area contributed by atoms with Gasteiger partial charge in [-0.1, -0.05) is 61.4 Å². The number of hydrogen-bond acceptors (Lipinski definition) is 0. The molecule has 1 unspecified atom stereocenters. The highest BCUT2D eigenvalue weighted by molar-refractivity contribution is 6.23. The Bertz CT molecular complexity index is 401. The van der Waals surface area contributed by atoms with Gasteiger partial charge in [-0.15, -0.1) is 11.6 Å². The summed E-state index contributed by atoms with van der Waals surface area (Å²) in [5, 5.41) is 0.181. The zero-order valence-electron chi connectivity index (χ0n) is 9.62. The molecule has 0 spiro atoms. The first-order chi connectivity index (χ1) is 7.81. The van der Waals surface area contributed by atoms with Crippen LogP contribution in [0.3, 0.4) is 0 Å². The Kier molecular flexibility index (Phi) is 3.84. The fraction of sp³-hybridized carbons (Fsp3) is 0.333. The van der Waals surface area contributed by atoms with E-state index in [0.29, 0.717) is 0 Å². The molecule has 1 atom stereocenters. The predicted octanol–water partition coefficient (Wildman–Crippen LogP) is 4.81. The molecule has 1 aliphatic carbocycles. The Balaban J connectivity index is 2.21. The van der Waals surface area contributed by atoms with Crippen molar-refractivity contribution in [3.05, 3.63) is 53.6 Å². The molecule has 0 aromatic heterocycles. The summed E-state index contributed by atoms with van der Waals surface area (Å²) in [5.41, 5.74) is 4.02. The fourth-order valence-electron chi connectivity index (χ4n) is 2.10. The van der Waals surface area contributed by atoms with Gasteiger partial charge in [0.15, 0.2) is 0 Å². The van der Waals surface area contributed by atoms with E-state index in [9.17, 15) is 0 Å². The van der Waals surface area contributed by atoms with Crippen molar-refractivity contribution in [2.45, 2.75) is 31.6 Å². The summed E-state index contributed by atoms with van der Waals surface area (Å²) in [4.78, 5) is 0. The van der Waals surface area contributed by atoms with E-state index >= 15 is 0 Å². The monoisotopic (exact) mass is 232 g/mol. The average molecular weight is 233 g/mol. The molecule has 1 aliphatic rings. The van der Waals surface area contributed by atoms with Crippen molar-refractivity contribution in [2.24, 2.45) is 0 Å². The van der Waals surface area contributed by atoms with Gasteiger partial charge in [-0.2, -0.15) is 0 Å². The van der Waals surface area contributed by atoms with Gasteiger partial charge in [0.25, 0.3) is 0 Å². The molecule has 1 heteroatoms. The van der Waals surface area contributed by atoms with Crippen molar-refractivity contribution in [3.63, 3.8) is 0 Å². The van der Waals surface area contributed by atoms with Crippen LogP contribution < -0.4 is 0 Å². The molecule has 84 valence electrons. The first kappa shape index (κ1) is 11.5. The normalized spacial score (nSPS) is 20.2. The first-order valence-corrected chi connectivity index (χ1v) is 6.34. The molecule has 1 aromatic rings. The molecule has 2 rings (SSSR count). The summed E-state index contributed by atoms with van der Waals surface area (Å²) in [7, 11) is 0. The van der Waals surface area contributed by atoms with Gasteiger partial charge >= 0.3 is 0 Å². The highest BCUT2D eigenvalue weighted by atomic mass is 35.5. The van der Waals surface area contributed by atoms with Crippen molar-refractivity contribution in [1.82, 2.24) is 0 Å². The Morgan fingerprint density at radius 3 is 2.56 bits per heavy atom. The van der Waals surface area contributed by atoms with Crippen LogP contribution in [-0.4, -0.2) is 5.38 Å². The lowest BCUT2D eigenvalue weighted by molar-refractivity contribution is 0.832. The lowest BCUT2D eigenvalue weighted by Crippen LogP contribution is -2.08. The van der Waals surface area contributed by atoms with E-state index in [4.69, 9.17) is 11.6 Å². The van der Waals surface area contributed by atoms with Crippen LogP contribution in [0.1, 0.15) is 31.7 Å². The maximum atomic E-state index is 6.40. The molecule has 0 radical (unpaired) electrons. The molecule has 1 aromatic carbocycles. The largest absolute Gasteiger partial charge is 0.118 e. The summed E-state index contributed by atoms with van der Waals surface area (Å²) in [6.07, 6.45) is 7.67. The zero-order valence-corrected chi connectivity index (χ0v) is 10.4. The predicted molar refractivity (Wildman–Crippen MR) is 71.7 cm³/mol.